The molecule has 0 heterocycles. The van der Waals surface area contributed by atoms with Gasteiger partial charge in [0.2, 0.25) is 0 Å². The maximum atomic E-state index is 2.27. The van der Waals surface area contributed by atoms with Crippen molar-refractivity contribution < 1.29 is 12.4 Å². The van der Waals surface area contributed by atoms with E-state index in [1.807, 2.05) is 0 Å². The maximum absolute atomic E-state index is 2.27. The summed E-state index contributed by atoms with van der Waals surface area (Å²) >= 11 is 0.659. The summed E-state index contributed by atoms with van der Waals surface area (Å²) in [6, 6.07) is 10.8. The molecule has 0 fully saturated rings. The van der Waals surface area contributed by atoms with Crippen molar-refractivity contribution in [2.45, 2.75) is 30.3 Å². The number of hydrogen-bond donors (Lipinski definition) is 0. The normalized spacial score (nSPS) is 8.69. The Morgan fingerprint density at radius 3 is 2.46 bits per heavy atom. The fourth-order valence-electron chi connectivity index (χ4n) is 1.23. The minimum Gasteiger partial charge on any atom is -1.00 e. The fourth-order valence-corrected chi connectivity index (χ4v) is 2.74. The van der Waals surface area contributed by atoms with E-state index in [1.54, 1.807) is 0 Å². The van der Waals surface area contributed by atoms with Gasteiger partial charge in [-0.1, -0.05) is 0 Å². The zero-order chi connectivity index (χ0) is 8.65. The van der Waals surface area contributed by atoms with E-state index < -0.39 is 0 Å². The van der Waals surface area contributed by atoms with Gasteiger partial charge in [0.15, 0.2) is 0 Å². The van der Waals surface area contributed by atoms with Crippen LogP contribution in [0.3, 0.4) is 0 Å². The van der Waals surface area contributed by atoms with Gasteiger partial charge in [0.1, 0.15) is 0 Å². The Hall–Kier alpha value is 0.0425. The molecule has 70 valence electrons. The standard InChI is InChI=1S/C7H7.C4H9.Al.ClH/c1-7-5-3-2-4-6-7;1-3-4-2;;/h2-6H,1H2;1,3-4H2,2H3;;1H/q;;+1;/p-1. The third-order valence-corrected chi connectivity index (χ3v) is 3.56. The molecule has 0 unspecified atom stereocenters. The van der Waals surface area contributed by atoms with Crippen LogP contribution in [0, 0.1) is 0 Å². The van der Waals surface area contributed by atoms with E-state index in [2.05, 4.69) is 37.3 Å². The molecule has 2 heteroatoms. The Balaban J connectivity index is 0.00000144. The van der Waals surface area contributed by atoms with Crippen LogP contribution in [0.2, 0.25) is 5.28 Å². The minimum absolute atomic E-state index is 0. The minimum atomic E-state index is 0. The van der Waals surface area contributed by atoms with Crippen LogP contribution in [0.15, 0.2) is 30.3 Å². The predicted octanol–water partition coefficient (Wildman–Crippen LogP) is 0.113. The van der Waals surface area contributed by atoms with E-state index in [1.165, 1.54) is 29.0 Å². The Morgan fingerprint density at radius 1 is 1.15 bits per heavy atom. The van der Waals surface area contributed by atoms with Crippen molar-refractivity contribution in [2.75, 3.05) is 0 Å². The smallest absolute Gasteiger partial charge is 1.00 e. The van der Waals surface area contributed by atoms with Crippen molar-refractivity contribution in [3.05, 3.63) is 35.9 Å². The van der Waals surface area contributed by atoms with Gasteiger partial charge in [0.05, 0.1) is 0 Å². The van der Waals surface area contributed by atoms with Gasteiger partial charge in [-0.05, 0) is 0 Å². The molecule has 0 bridgehead atoms. The zero-order valence-corrected chi connectivity index (χ0v) is 10.1. The van der Waals surface area contributed by atoms with Gasteiger partial charge in [-0.25, -0.2) is 0 Å². The van der Waals surface area contributed by atoms with Gasteiger partial charge in [-0.3, -0.25) is 0 Å². The summed E-state index contributed by atoms with van der Waals surface area (Å²) < 4.78 is 0. The van der Waals surface area contributed by atoms with Crippen molar-refractivity contribution in [3.63, 3.8) is 0 Å². The molecule has 0 aromatic heterocycles. The number of unbranched alkanes of at least 4 members (excludes halogenated alkanes) is 1. The summed E-state index contributed by atoms with van der Waals surface area (Å²) in [5.74, 6) is 0. The van der Waals surface area contributed by atoms with Gasteiger partial charge in [-0.2, -0.15) is 0 Å². The molecule has 0 aliphatic carbocycles. The molecule has 0 saturated carbocycles. The molecule has 1 rings (SSSR count). The van der Waals surface area contributed by atoms with Crippen molar-refractivity contribution in [2.24, 2.45) is 0 Å². The first-order chi connectivity index (χ1) is 5.93. The Kier molecular flexibility index (Phi) is 8.66. The van der Waals surface area contributed by atoms with Gasteiger partial charge in [0, 0.05) is 0 Å². The average Bonchev–Trinajstić information content (AvgIpc) is 2.14. The van der Waals surface area contributed by atoms with E-state index in [0.29, 0.717) is 15.2 Å². The van der Waals surface area contributed by atoms with Crippen LogP contribution in [0.1, 0.15) is 25.3 Å². The van der Waals surface area contributed by atoms with E-state index >= 15 is 0 Å². The molecule has 0 N–H and O–H groups in total. The molecule has 0 radical (unpaired) electrons. The number of benzene rings is 1. The van der Waals surface area contributed by atoms with Crippen LogP contribution in [0.5, 0.6) is 0 Å². The number of hydrogen-bond acceptors (Lipinski definition) is 0. The fraction of sp³-hybridized carbons (Fsp3) is 0.455. The monoisotopic (exact) mass is 210 g/mol. The molecular formula is C11H16AlCl. The van der Waals surface area contributed by atoms with Gasteiger partial charge >= 0.3 is 81.4 Å². The molecule has 0 aliphatic rings. The second-order valence-corrected chi connectivity index (χ2v) is 4.68. The first kappa shape index (κ1) is 13.0. The second kappa shape index (κ2) is 8.63. The van der Waals surface area contributed by atoms with Gasteiger partial charge < -0.3 is 12.4 Å². The first-order valence-electron chi connectivity index (χ1n) is 4.79. The topological polar surface area (TPSA) is 0 Å². The van der Waals surface area contributed by atoms with Crippen molar-refractivity contribution in [3.8, 4) is 0 Å². The quantitative estimate of drug-likeness (QED) is 0.478. The molecule has 0 amide bonds. The summed E-state index contributed by atoms with van der Waals surface area (Å²) in [5.41, 5.74) is 1.52. The van der Waals surface area contributed by atoms with Crippen molar-refractivity contribution in [1.29, 1.82) is 0 Å². The third-order valence-electron chi connectivity index (χ3n) is 1.98. The van der Waals surface area contributed by atoms with Crippen molar-refractivity contribution in [1.82, 2.24) is 0 Å². The molecule has 1 aromatic carbocycles. The van der Waals surface area contributed by atoms with E-state index in [4.69, 9.17) is 0 Å². The number of halogens is 1. The van der Waals surface area contributed by atoms with Crippen LogP contribution >= 0.6 is 0 Å². The summed E-state index contributed by atoms with van der Waals surface area (Å²) in [4.78, 5) is 0. The molecule has 13 heavy (non-hydrogen) atoms. The third kappa shape index (κ3) is 6.16. The van der Waals surface area contributed by atoms with Gasteiger partial charge in [0.25, 0.3) is 0 Å². The molecule has 0 spiro atoms. The molecular weight excluding hydrogens is 195 g/mol. The maximum Gasteiger partial charge on any atom is -1.00 e. The molecule has 1 aromatic rings. The first-order valence-corrected chi connectivity index (χ1v) is 6.42. The van der Waals surface area contributed by atoms with Crippen LogP contribution < -0.4 is 12.4 Å². The zero-order valence-electron chi connectivity index (χ0n) is 8.17. The molecule has 0 aliphatic heterocycles. The molecule has 0 saturated heterocycles. The molecule has 0 nitrogen and oxygen atoms in total. The Labute approximate surface area is 93.9 Å². The average molecular weight is 211 g/mol. The largest absolute Gasteiger partial charge is 1.00 e. The molecule has 0 atom stereocenters. The van der Waals surface area contributed by atoms with E-state index in [9.17, 15) is 0 Å². The van der Waals surface area contributed by atoms with Crippen LogP contribution in [-0.2, 0) is 5.28 Å². The Bertz CT molecular complexity index is 199. The van der Waals surface area contributed by atoms with Crippen LogP contribution in [0.4, 0.5) is 0 Å². The van der Waals surface area contributed by atoms with E-state index in [0.717, 1.165) is 0 Å². The van der Waals surface area contributed by atoms with Gasteiger partial charge in [-0.15, -0.1) is 0 Å². The van der Waals surface area contributed by atoms with Crippen molar-refractivity contribution >= 4 is 15.2 Å². The summed E-state index contributed by atoms with van der Waals surface area (Å²) in [5, 5.41) is 2.80. The Morgan fingerprint density at radius 2 is 1.85 bits per heavy atom. The number of rotatable bonds is 5. The summed E-state index contributed by atoms with van der Waals surface area (Å²) in [6.07, 6.45) is 2.77. The second-order valence-electron chi connectivity index (χ2n) is 3.12. The van der Waals surface area contributed by atoms with E-state index in [-0.39, 0.29) is 12.4 Å². The predicted molar refractivity (Wildman–Crippen MR) is 55.6 cm³/mol. The summed E-state index contributed by atoms with van der Waals surface area (Å²) in [6.45, 7) is 2.27. The SMILES string of the molecule is CCC[CH2][Al+][CH2]c1ccccc1.[Cl-]. The summed E-state index contributed by atoms with van der Waals surface area (Å²) in [7, 11) is 0. The van der Waals surface area contributed by atoms with Crippen LogP contribution in [-0.4, -0.2) is 15.2 Å². The van der Waals surface area contributed by atoms with Crippen LogP contribution in [0.25, 0.3) is 0 Å².